The molecule has 21 heavy (non-hydrogen) atoms. The van der Waals surface area contributed by atoms with Crippen molar-refractivity contribution in [3.8, 4) is 0 Å². The van der Waals surface area contributed by atoms with Crippen LogP contribution >= 0.6 is 57.7 Å². The average molecular weight is 405 g/mol. The third kappa shape index (κ3) is 4.48. The molecule has 0 aliphatic heterocycles. The molecule has 0 atom stereocenters. The third-order valence-corrected chi connectivity index (χ3v) is 6.56. The highest BCUT2D eigenvalue weighted by Gasteiger charge is 2.20. The number of halogens is 4. The maximum Gasteiger partial charge on any atom is 0.242 e. The Morgan fingerprint density at radius 2 is 1.76 bits per heavy atom. The molecular formula is C12H9Cl4NO2S2. The van der Waals surface area contributed by atoms with Gasteiger partial charge in [0, 0.05) is 6.54 Å². The van der Waals surface area contributed by atoms with Crippen molar-refractivity contribution in [2.75, 3.05) is 6.54 Å². The topological polar surface area (TPSA) is 46.2 Å². The van der Waals surface area contributed by atoms with Crippen LogP contribution in [0.15, 0.2) is 29.2 Å². The Kier molecular flexibility index (Phi) is 5.82. The lowest BCUT2D eigenvalue weighted by Gasteiger charge is -2.06. The van der Waals surface area contributed by atoms with E-state index in [1.54, 1.807) is 18.2 Å². The third-order valence-electron chi connectivity index (χ3n) is 2.60. The van der Waals surface area contributed by atoms with Crippen LogP contribution in [0.1, 0.15) is 5.56 Å². The number of benzene rings is 1. The van der Waals surface area contributed by atoms with Gasteiger partial charge in [0.2, 0.25) is 10.0 Å². The molecule has 0 saturated heterocycles. The molecule has 1 aromatic carbocycles. The van der Waals surface area contributed by atoms with Crippen LogP contribution in [0.25, 0.3) is 0 Å². The van der Waals surface area contributed by atoms with E-state index in [9.17, 15) is 8.42 Å². The molecule has 9 heteroatoms. The molecule has 1 heterocycles. The van der Waals surface area contributed by atoms with Crippen molar-refractivity contribution in [2.24, 2.45) is 0 Å². The molecule has 0 unspecified atom stereocenters. The normalized spacial score (nSPS) is 11.8. The van der Waals surface area contributed by atoms with Crippen molar-refractivity contribution in [1.29, 1.82) is 0 Å². The Morgan fingerprint density at radius 3 is 2.33 bits per heavy atom. The number of thiophene rings is 1. The van der Waals surface area contributed by atoms with Crippen molar-refractivity contribution >= 4 is 67.8 Å². The van der Waals surface area contributed by atoms with E-state index in [-0.39, 0.29) is 15.8 Å². The number of hydrogen-bond acceptors (Lipinski definition) is 3. The van der Waals surface area contributed by atoms with Crippen LogP contribution in [0.2, 0.25) is 18.7 Å². The SMILES string of the molecule is O=S(=O)(NCCc1ccc(Cl)c(Cl)c1)c1cc(Cl)sc1Cl. The molecule has 2 rings (SSSR count). The van der Waals surface area contributed by atoms with Crippen LogP contribution in [-0.2, 0) is 16.4 Å². The first-order valence-corrected chi connectivity index (χ1v) is 9.49. The summed E-state index contributed by atoms with van der Waals surface area (Å²) in [4.78, 5) is -0.00620. The van der Waals surface area contributed by atoms with Gasteiger partial charge in [0.15, 0.2) is 0 Å². The van der Waals surface area contributed by atoms with E-state index < -0.39 is 10.0 Å². The molecule has 0 radical (unpaired) electrons. The second-order valence-electron chi connectivity index (χ2n) is 4.08. The fourth-order valence-electron chi connectivity index (χ4n) is 1.61. The van der Waals surface area contributed by atoms with Gasteiger partial charge in [0.25, 0.3) is 0 Å². The van der Waals surface area contributed by atoms with Gasteiger partial charge in [-0.2, -0.15) is 0 Å². The van der Waals surface area contributed by atoms with E-state index in [0.717, 1.165) is 16.9 Å². The Hall–Kier alpha value is -0.0100. The van der Waals surface area contributed by atoms with E-state index in [0.29, 0.717) is 20.8 Å². The molecule has 114 valence electrons. The van der Waals surface area contributed by atoms with Crippen LogP contribution in [-0.4, -0.2) is 15.0 Å². The first-order chi connectivity index (χ1) is 9.79. The molecule has 1 N–H and O–H groups in total. The second kappa shape index (κ2) is 7.04. The van der Waals surface area contributed by atoms with Crippen LogP contribution in [0.5, 0.6) is 0 Å². The van der Waals surface area contributed by atoms with Crippen LogP contribution in [0.4, 0.5) is 0 Å². The summed E-state index contributed by atoms with van der Waals surface area (Å²) in [5.74, 6) is 0. The lowest BCUT2D eigenvalue weighted by Crippen LogP contribution is -2.25. The maximum atomic E-state index is 12.1. The molecule has 0 spiro atoms. The van der Waals surface area contributed by atoms with Crippen molar-refractivity contribution in [1.82, 2.24) is 4.72 Å². The zero-order chi connectivity index (χ0) is 15.6. The zero-order valence-electron chi connectivity index (χ0n) is 10.4. The molecule has 0 saturated carbocycles. The van der Waals surface area contributed by atoms with Gasteiger partial charge in [0.05, 0.1) is 14.4 Å². The van der Waals surface area contributed by atoms with E-state index in [1.165, 1.54) is 6.07 Å². The van der Waals surface area contributed by atoms with Gasteiger partial charge < -0.3 is 0 Å². The van der Waals surface area contributed by atoms with Crippen LogP contribution in [0.3, 0.4) is 0 Å². The lowest BCUT2D eigenvalue weighted by molar-refractivity contribution is 0.582. The van der Waals surface area contributed by atoms with E-state index in [1.807, 2.05) is 0 Å². The number of rotatable bonds is 5. The summed E-state index contributed by atoms with van der Waals surface area (Å²) in [5.41, 5.74) is 0.876. The minimum atomic E-state index is -3.67. The molecule has 3 nitrogen and oxygen atoms in total. The summed E-state index contributed by atoms with van der Waals surface area (Å²) < 4.78 is 27.1. The maximum absolute atomic E-state index is 12.1. The minimum absolute atomic E-state index is 0.00620. The van der Waals surface area contributed by atoms with Crippen molar-refractivity contribution in [2.45, 2.75) is 11.3 Å². The Bertz CT molecular complexity index is 759. The van der Waals surface area contributed by atoms with Crippen molar-refractivity contribution in [3.63, 3.8) is 0 Å². The summed E-state index contributed by atoms with van der Waals surface area (Å²) in [6, 6.07) is 6.49. The van der Waals surface area contributed by atoms with Crippen molar-refractivity contribution in [3.05, 3.63) is 48.5 Å². The molecule has 0 amide bonds. The number of hydrogen-bond donors (Lipinski definition) is 1. The van der Waals surface area contributed by atoms with Gasteiger partial charge in [-0.15, -0.1) is 11.3 Å². The van der Waals surface area contributed by atoms with Gasteiger partial charge >= 0.3 is 0 Å². The summed E-state index contributed by atoms with van der Waals surface area (Å²) in [6.07, 6.45) is 0.478. The smallest absolute Gasteiger partial charge is 0.211 e. The fourth-order valence-corrected chi connectivity index (χ4v) is 5.11. The predicted molar refractivity (Wildman–Crippen MR) is 89.7 cm³/mol. The summed E-state index contributed by atoms with van der Waals surface area (Å²) in [5, 5.41) is 0.894. The monoisotopic (exact) mass is 403 g/mol. The predicted octanol–water partition coefficient (Wildman–Crippen LogP) is 4.88. The molecule has 0 aliphatic rings. The molecule has 0 aliphatic carbocycles. The Labute approximate surface area is 146 Å². The first-order valence-electron chi connectivity index (χ1n) is 5.68. The van der Waals surface area contributed by atoms with Gasteiger partial charge in [-0.3, -0.25) is 0 Å². The van der Waals surface area contributed by atoms with Gasteiger partial charge in [0.1, 0.15) is 9.23 Å². The molecule has 0 bridgehead atoms. The number of nitrogens with one attached hydrogen (secondary N) is 1. The highest BCUT2D eigenvalue weighted by atomic mass is 35.5. The summed E-state index contributed by atoms with van der Waals surface area (Å²) >= 11 is 24.3. The highest BCUT2D eigenvalue weighted by molar-refractivity contribution is 7.89. The Morgan fingerprint density at radius 1 is 1.05 bits per heavy atom. The molecule has 1 aromatic heterocycles. The van der Waals surface area contributed by atoms with Gasteiger partial charge in [-0.25, -0.2) is 13.1 Å². The molecular weight excluding hydrogens is 396 g/mol. The standard InChI is InChI=1S/C12H9Cl4NO2S2/c13-8-2-1-7(5-9(8)14)3-4-17-21(18,19)10-6-11(15)20-12(10)16/h1-2,5-6,17H,3-4H2. The van der Waals surface area contributed by atoms with E-state index >= 15 is 0 Å². The van der Waals surface area contributed by atoms with Crippen LogP contribution < -0.4 is 4.72 Å². The van der Waals surface area contributed by atoms with E-state index in [2.05, 4.69) is 4.72 Å². The molecule has 0 fully saturated rings. The first kappa shape index (κ1) is 17.3. The largest absolute Gasteiger partial charge is 0.242 e. The fraction of sp³-hybridized carbons (Fsp3) is 0.167. The van der Waals surface area contributed by atoms with Gasteiger partial charge in [-0.05, 0) is 30.2 Å². The zero-order valence-corrected chi connectivity index (χ0v) is 15.0. The van der Waals surface area contributed by atoms with Gasteiger partial charge in [-0.1, -0.05) is 52.5 Å². The summed E-state index contributed by atoms with van der Waals surface area (Å²) in [7, 11) is -3.67. The Balaban J connectivity index is 2.02. The minimum Gasteiger partial charge on any atom is -0.211 e. The summed E-state index contributed by atoms with van der Waals surface area (Å²) in [6.45, 7) is 0.212. The second-order valence-corrected chi connectivity index (χ2v) is 8.92. The lowest BCUT2D eigenvalue weighted by atomic mass is 10.1. The van der Waals surface area contributed by atoms with Crippen molar-refractivity contribution < 1.29 is 8.42 Å². The quantitative estimate of drug-likeness (QED) is 0.771. The molecule has 2 aromatic rings. The highest BCUT2D eigenvalue weighted by Crippen LogP contribution is 2.34. The van der Waals surface area contributed by atoms with E-state index in [4.69, 9.17) is 46.4 Å². The number of sulfonamides is 1. The average Bonchev–Trinajstić information content (AvgIpc) is 2.73. The van der Waals surface area contributed by atoms with Crippen LogP contribution in [0, 0.1) is 0 Å².